The summed E-state index contributed by atoms with van der Waals surface area (Å²) in [7, 11) is 0. The van der Waals surface area contributed by atoms with Crippen molar-refractivity contribution in [1.82, 2.24) is 15.3 Å². The van der Waals surface area contributed by atoms with Crippen LogP contribution in [0.15, 0.2) is 30.3 Å². The van der Waals surface area contributed by atoms with E-state index in [2.05, 4.69) is 22.4 Å². The molecule has 0 saturated heterocycles. The average Bonchev–Trinajstić information content (AvgIpc) is 2.65. The highest BCUT2D eigenvalue weighted by molar-refractivity contribution is 6.18. The SMILES string of the molecule is O=C(COc1nc2c(nc1Cc1ccccc1)CCCC2)NCCCl. The van der Waals surface area contributed by atoms with Gasteiger partial charge in [-0.3, -0.25) is 4.79 Å². The van der Waals surface area contributed by atoms with Crippen molar-refractivity contribution in [2.75, 3.05) is 19.0 Å². The molecule has 132 valence electrons. The van der Waals surface area contributed by atoms with Gasteiger partial charge >= 0.3 is 0 Å². The lowest BCUT2D eigenvalue weighted by Gasteiger charge is -2.18. The Kier molecular flexibility index (Phi) is 6.23. The van der Waals surface area contributed by atoms with Gasteiger partial charge < -0.3 is 10.1 Å². The first-order chi connectivity index (χ1) is 12.3. The topological polar surface area (TPSA) is 64.1 Å². The lowest BCUT2D eigenvalue weighted by molar-refractivity contribution is -0.123. The van der Waals surface area contributed by atoms with Gasteiger partial charge in [0.25, 0.3) is 5.91 Å². The summed E-state index contributed by atoms with van der Waals surface area (Å²) in [5.74, 6) is 0.639. The highest BCUT2D eigenvalue weighted by Crippen LogP contribution is 2.24. The number of nitrogens with one attached hydrogen (secondary N) is 1. The van der Waals surface area contributed by atoms with Crippen LogP contribution < -0.4 is 10.1 Å². The molecule has 1 aliphatic rings. The summed E-state index contributed by atoms with van der Waals surface area (Å²) in [6, 6.07) is 10.1. The minimum atomic E-state index is -0.203. The number of nitrogens with zero attached hydrogens (tertiary/aromatic N) is 2. The van der Waals surface area contributed by atoms with E-state index in [1.54, 1.807) is 0 Å². The minimum absolute atomic E-state index is 0.0772. The fourth-order valence-electron chi connectivity index (χ4n) is 2.90. The monoisotopic (exact) mass is 359 g/mol. The Morgan fingerprint density at radius 3 is 2.56 bits per heavy atom. The quantitative estimate of drug-likeness (QED) is 0.772. The van der Waals surface area contributed by atoms with Crippen molar-refractivity contribution in [1.29, 1.82) is 0 Å². The third-order valence-corrected chi connectivity index (χ3v) is 4.32. The Morgan fingerprint density at radius 1 is 1.12 bits per heavy atom. The summed E-state index contributed by atoms with van der Waals surface area (Å²) in [5.41, 5.74) is 4.00. The summed E-state index contributed by atoms with van der Waals surface area (Å²) < 4.78 is 5.71. The molecular formula is C19H22ClN3O2. The van der Waals surface area contributed by atoms with Crippen LogP contribution in [0.4, 0.5) is 0 Å². The molecule has 0 spiro atoms. The molecule has 0 saturated carbocycles. The Balaban J connectivity index is 1.79. The molecule has 3 rings (SSSR count). The Bertz CT molecular complexity index is 722. The first-order valence-electron chi connectivity index (χ1n) is 8.64. The van der Waals surface area contributed by atoms with E-state index in [4.69, 9.17) is 21.3 Å². The van der Waals surface area contributed by atoms with Gasteiger partial charge in [-0.05, 0) is 31.2 Å². The summed E-state index contributed by atoms with van der Waals surface area (Å²) >= 11 is 5.58. The number of fused-ring (bicyclic) bond motifs is 1. The second-order valence-electron chi connectivity index (χ2n) is 6.07. The summed E-state index contributed by atoms with van der Waals surface area (Å²) in [6.07, 6.45) is 4.78. The second-order valence-corrected chi connectivity index (χ2v) is 6.44. The number of aryl methyl sites for hydroxylation is 2. The molecule has 2 aromatic rings. The van der Waals surface area contributed by atoms with E-state index >= 15 is 0 Å². The van der Waals surface area contributed by atoms with Crippen LogP contribution in [0.25, 0.3) is 0 Å². The zero-order valence-electron chi connectivity index (χ0n) is 14.1. The van der Waals surface area contributed by atoms with Crippen molar-refractivity contribution in [3.8, 4) is 5.88 Å². The molecule has 1 heterocycles. The molecule has 1 aliphatic carbocycles. The van der Waals surface area contributed by atoms with Gasteiger partial charge in [0.1, 0.15) is 5.69 Å². The molecule has 0 atom stereocenters. The molecule has 0 unspecified atom stereocenters. The highest BCUT2D eigenvalue weighted by atomic mass is 35.5. The minimum Gasteiger partial charge on any atom is -0.466 e. The van der Waals surface area contributed by atoms with Gasteiger partial charge in [-0.2, -0.15) is 0 Å². The van der Waals surface area contributed by atoms with Crippen LogP contribution in [0.5, 0.6) is 5.88 Å². The molecule has 0 bridgehead atoms. The molecule has 25 heavy (non-hydrogen) atoms. The van der Waals surface area contributed by atoms with Gasteiger partial charge in [0.15, 0.2) is 6.61 Å². The maximum atomic E-state index is 11.8. The van der Waals surface area contributed by atoms with Crippen molar-refractivity contribution in [2.45, 2.75) is 32.1 Å². The second kappa shape index (κ2) is 8.81. The molecule has 6 heteroatoms. The van der Waals surface area contributed by atoms with Crippen molar-refractivity contribution >= 4 is 17.5 Å². The molecule has 5 nitrogen and oxygen atoms in total. The predicted octanol–water partition coefficient (Wildman–Crippen LogP) is 2.68. The summed E-state index contributed by atoms with van der Waals surface area (Å²) in [5, 5.41) is 2.69. The molecule has 1 aromatic carbocycles. The number of carbonyl (C=O) groups excluding carboxylic acids is 1. The van der Waals surface area contributed by atoms with E-state index in [9.17, 15) is 4.79 Å². The Labute approximate surface area is 152 Å². The summed E-state index contributed by atoms with van der Waals surface area (Å²) in [6.45, 7) is 0.350. The molecule has 1 N–H and O–H groups in total. The van der Waals surface area contributed by atoms with E-state index < -0.39 is 0 Å². The maximum Gasteiger partial charge on any atom is 0.258 e. The van der Waals surface area contributed by atoms with Gasteiger partial charge in [0.05, 0.1) is 11.4 Å². The van der Waals surface area contributed by atoms with Crippen molar-refractivity contribution in [3.05, 3.63) is 53.0 Å². The van der Waals surface area contributed by atoms with Gasteiger partial charge in [0, 0.05) is 18.8 Å². The molecule has 0 fully saturated rings. The number of ether oxygens (including phenoxy) is 1. The number of hydrogen-bond acceptors (Lipinski definition) is 4. The van der Waals surface area contributed by atoms with E-state index in [-0.39, 0.29) is 12.5 Å². The number of aromatic nitrogens is 2. The van der Waals surface area contributed by atoms with Crippen molar-refractivity contribution < 1.29 is 9.53 Å². The van der Waals surface area contributed by atoms with Crippen LogP contribution >= 0.6 is 11.6 Å². The van der Waals surface area contributed by atoms with Crippen molar-refractivity contribution in [2.24, 2.45) is 0 Å². The first kappa shape index (κ1) is 17.7. The number of amides is 1. The number of halogens is 1. The van der Waals surface area contributed by atoms with Crippen LogP contribution in [0.3, 0.4) is 0 Å². The zero-order chi connectivity index (χ0) is 17.5. The van der Waals surface area contributed by atoms with Crippen LogP contribution in [-0.4, -0.2) is 34.9 Å². The maximum absolute atomic E-state index is 11.8. The standard InChI is InChI=1S/C19H22ClN3O2/c20-10-11-21-18(24)13-25-19-17(12-14-6-2-1-3-7-14)22-15-8-4-5-9-16(15)23-19/h1-3,6-7H,4-5,8-13H2,(H,21,24). The lowest BCUT2D eigenvalue weighted by atomic mass is 10.00. The number of benzene rings is 1. The highest BCUT2D eigenvalue weighted by Gasteiger charge is 2.18. The van der Waals surface area contributed by atoms with Crippen LogP contribution in [-0.2, 0) is 24.1 Å². The average molecular weight is 360 g/mol. The molecular weight excluding hydrogens is 338 g/mol. The number of rotatable bonds is 7. The zero-order valence-corrected chi connectivity index (χ0v) is 14.9. The summed E-state index contributed by atoms with van der Waals surface area (Å²) in [4.78, 5) is 21.3. The van der Waals surface area contributed by atoms with E-state index in [1.807, 2.05) is 18.2 Å². The van der Waals surface area contributed by atoms with Crippen molar-refractivity contribution in [3.63, 3.8) is 0 Å². The third kappa shape index (κ3) is 4.92. The Morgan fingerprint density at radius 2 is 1.84 bits per heavy atom. The Hall–Kier alpha value is -2.14. The van der Waals surface area contributed by atoms with Crippen LogP contribution in [0.2, 0.25) is 0 Å². The largest absolute Gasteiger partial charge is 0.466 e. The fraction of sp³-hybridized carbons (Fsp3) is 0.421. The van der Waals surface area contributed by atoms with E-state index in [1.165, 1.54) is 0 Å². The molecule has 1 amide bonds. The third-order valence-electron chi connectivity index (χ3n) is 4.13. The molecule has 0 aliphatic heterocycles. The van der Waals surface area contributed by atoms with Gasteiger partial charge in [-0.25, -0.2) is 9.97 Å². The van der Waals surface area contributed by atoms with Gasteiger partial charge in [-0.15, -0.1) is 11.6 Å². The predicted molar refractivity (Wildman–Crippen MR) is 97.1 cm³/mol. The number of carbonyl (C=O) groups is 1. The lowest BCUT2D eigenvalue weighted by Crippen LogP contribution is -2.30. The van der Waals surface area contributed by atoms with Crippen LogP contribution in [0, 0.1) is 0 Å². The fourth-order valence-corrected chi connectivity index (χ4v) is 3.00. The van der Waals surface area contributed by atoms with E-state index in [0.717, 1.165) is 48.3 Å². The first-order valence-corrected chi connectivity index (χ1v) is 9.18. The molecule has 1 aromatic heterocycles. The smallest absolute Gasteiger partial charge is 0.258 e. The normalized spacial score (nSPS) is 13.2. The van der Waals surface area contributed by atoms with Crippen LogP contribution in [0.1, 0.15) is 35.5 Å². The number of hydrogen-bond donors (Lipinski definition) is 1. The van der Waals surface area contributed by atoms with Gasteiger partial charge in [-0.1, -0.05) is 30.3 Å². The van der Waals surface area contributed by atoms with E-state index in [0.29, 0.717) is 24.7 Å². The van der Waals surface area contributed by atoms with Gasteiger partial charge in [0.2, 0.25) is 5.88 Å². The number of alkyl halides is 1. The molecule has 0 radical (unpaired) electrons.